The molecule has 0 aromatic carbocycles. The van der Waals surface area contributed by atoms with Crippen molar-refractivity contribution in [3.05, 3.63) is 27.8 Å². The second-order valence-electron chi connectivity index (χ2n) is 7.57. The Morgan fingerprint density at radius 3 is 2.42 bits per heavy atom. The zero-order chi connectivity index (χ0) is 18.1. The topological polar surface area (TPSA) is 71.8 Å². The van der Waals surface area contributed by atoms with Crippen molar-refractivity contribution in [1.29, 1.82) is 0 Å². The summed E-state index contributed by atoms with van der Waals surface area (Å²) in [7, 11) is 0. The molecule has 0 aliphatic heterocycles. The standard InChI is InChI=1S/C17H27N5OS/c1-11-8-13(22(21-11)16(3,4)5)20-14(23)9-18-17(6,7)15-19-12(2)10-24-15/h8,10,18H,9H2,1-7H3,(H,20,23). The van der Waals surface area contributed by atoms with Crippen molar-refractivity contribution in [2.45, 2.75) is 59.5 Å². The molecule has 0 saturated heterocycles. The maximum Gasteiger partial charge on any atom is 0.239 e. The number of hydrogen-bond donors (Lipinski definition) is 2. The van der Waals surface area contributed by atoms with Gasteiger partial charge in [0.15, 0.2) is 0 Å². The molecule has 2 aromatic rings. The van der Waals surface area contributed by atoms with Crippen LogP contribution in [0.25, 0.3) is 0 Å². The summed E-state index contributed by atoms with van der Waals surface area (Å²) in [5, 5.41) is 13.7. The lowest BCUT2D eigenvalue weighted by Gasteiger charge is -2.25. The molecule has 2 rings (SSSR count). The first kappa shape index (κ1) is 18.6. The van der Waals surface area contributed by atoms with Crippen molar-refractivity contribution in [1.82, 2.24) is 20.1 Å². The number of hydrogen-bond acceptors (Lipinski definition) is 5. The van der Waals surface area contributed by atoms with E-state index in [1.165, 1.54) is 0 Å². The van der Waals surface area contributed by atoms with Gasteiger partial charge in [-0.3, -0.25) is 10.1 Å². The molecule has 1 amide bonds. The van der Waals surface area contributed by atoms with E-state index in [-0.39, 0.29) is 23.5 Å². The highest BCUT2D eigenvalue weighted by molar-refractivity contribution is 7.09. The van der Waals surface area contributed by atoms with Gasteiger partial charge in [0, 0.05) is 17.1 Å². The summed E-state index contributed by atoms with van der Waals surface area (Å²) in [6.07, 6.45) is 0. The van der Waals surface area contributed by atoms with Crippen LogP contribution >= 0.6 is 11.3 Å². The third kappa shape index (κ3) is 4.42. The molecule has 0 aliphatic carbocycles. The lowest BCUT2D eigenvalue weighted by Crippen LogP contribution is -2.41. The molecule has 7 heteroatoms. The summed E-state index contributed by atoms with van der Waals surface area (Å²) in [4.78, 5) is 16.9. The molecule has 0 saturated carbocycles. The highest BCUT2D eigenvalue weighted by Crippen LogP contribution is 2.24. The number of aryl methyl sites for hydroxylation is 2. The largest absolute Gasteiger partial charge is 0.310 e. The lowest BCUT2D eigenvalue weighted by atomic mass is 10.1. The number of aromatic nitrogens is 3. The van der Waals surface area contributed by atoms with Crippen LogP contribution in [0.3, 0.4) is 0 Å². The molecule has 0 radical (unpaired) electrons. The number of carbonyl (C=O) groups is 1. The molecule has 0 fully saturated rings. The van der Waals surface area contributed by atoms with Crippen LogP contribution < -0.4 is 10.6 Å². The van der Waals surface area contributed by atoms with E-state index in [4.69, 9.17) is 0 Å². The van der Waals surface area contributed by atoms with Crippen LogP contribution in [0.1, 0.15) is 51.0 Å². The molecular formula is C17H27N5OS. The second-order valence-corrected chi connectivity index (χ2v) is 8.43. The number of rotatable bonds is 5. The van der Waals surface area contributed by atoms with Gasteiger partial charge < -0.3 is 5.32 Å². The average Bonchev–Trinajstić information content (AvgIpc) is 3.03. The van der Waals surface area contributed by atoms with Crippen molar-refractivity contribution in [2.75, 3.05) is 11.9 Å². The number of thiazole rings is 1. The first-order chi connectivity index (χ1) is 11.0. The summed E-state index contributed by atoms with van der Waals surface area (Å²) in [6, 6.07) is 1.89. The first-order valence-electron chi connectivity index (χ1n) is 8.04. The zero-order valence-electron chi connectivity index (χ0n) is 15.5. The molecule has 0 aliphatic rings. The van der Waals surface area contributed by atoms with Crippen molar-refractivity contribution < 1.29 is 4.79 Å². The average molecular weight is 350 g/mol. The minimum absolute atomic E-state index is 0.0956. The summed E-state index contributed by atoms with van der Waals surface area (Å²) in [5.74, 6) is 0.622. The van der Waals surface area contributed by atoms with Crippen molar-refractivity contribution >= 4 is 23.1 Å². The molecule has 24 heavy (non-hydrogen) atoms. The van der Waals surface area contributed by atoms with Gasteiger partial charge in [-0.05, 0) is 48.5 Å². The summed E-state index contributed by atoms with van der Waals surface area (Å²) >= 11 is 1.60. The van der Waals surface area contributed by atoms with Gasteiger partial charge >= 0.3 is 0 Å². The predicted molar refractivity (Wildman–Crippen MR) is 98.5 cm³/mol. The Bertz CT molecular complexity index is 724. The van der Waals surface area contributed by atoms with E-state index in [1.54, 1.807) is 11.3 Å². The van der Waals surface area contributed by atoms with Crippen molar-refractivity contribution in [2.24, 2.45) is 0 Å². The smallest absolute Gasteiger partial charge is 0.239 e. The van der Waals surface area contributed by atoms with E-state index in [2.05, 4.69) is 41.5 Å². The number of nitrogens with one attached hydrogen (secondary N) is 2. The molecule has 0 bridgehead atoms. The van der Waals surface area contributed by atoms with Gasteiger partial charge in [-0.25, -0.2) is 9.67 Å². The Balaban J connectivity index is 2.02. The molecule has 0 atom stereocenters. The van der Waals surface area contributed by atoms with Gasteiger partial charge in [-0.2, -0.15) is 5.10 Å². The van der Waals surface area contributed by atoms with Crippen molar-refractivity contribution in [3.63, 3.8) is 0 Å². The van der Waals surface area contributed by atoms with Gasteiger partial charge in [0.05, 0.1) is 23.3 Å². The molecule has 132 valence electrons. The monoisotopic (exact) mass is 349 g/mol. The minimum atomic E-state index is -0.351. The molecule has 2 N–H and O–H groups in total. The third-order valence-corrected chi connectivity index (χ3v) is 4.86. The van der Waals surface area contributed by atoms with E-state index >= 15 is 0 Å². The molecule has 2 heterocycles. The Morgan fingerprint density at radius 2 is 1.88 bits per heavy atom. The second kappa shape index (κ2) is 6.64. The Kier molecular flexibility index (Phi) is 5.15. The van der Waals surface area contributed by atoms with E-state index in [9.17, 15) is 4.79 Å². The summed E-state index contributed by atoms with van der Waals surface area (Å²) in [5.41, 5.74) is 1.34. The number of anilines is 1. The van der Waals surface area contributed by atoms with Gasteiger partial charge in [-0.15, -0.1) is 11.3 Å². The van der Waals surface area contributed by atoms with Gasteiger partial charge in [0.1, 0.15) is 10.8 Å². The maximum absolute atomic E-state index is 12.4. The van der Waals surface area contributed by atoms with Crippen LogP contribution in [-0.2, 0) is 15.9 Å². The van der Waals surface area contributed by atoms with E-state index < -0.39 is 0 Å². The summed E-state index contributed by atoms with van der Waals surface area (Å²) in [6.45, 7) is 14.3. The predicted octanol–water partition coefficient (Wildman–Crippen LogP) is 3.17. The number of nitrogens with zero attached hydrogens (tertiary/aromatic N) is 3. The molecule has 6 nitrogen and oxygen atoms in total. The number of amides is 1. The SMILES string of the molecule is Cc1csc(C(C)(C)NCC(=O)Nc2cc(C)nn2C(C)(C)C)n1. The van der Waals surface area contributed by atoms with Gasteiger partial charge in [0.25, 0.3) is 0 Å². The Morgan fingerprint density at radius 1 is 1.21 bits per heavy atom. The third-order valence-electron chi connectivity index (χ3n) is 3.58. The van der Waals surface area contributed by atoms with Gasteiger partial charge in [0.2, 0.25) is 5.91 Å². The van der Waals surface area contributed by atoms with Crippen LogP contribution in [-0.4, -0.2) is 27.2 Å². The fourth-order valence-corrected chi connectivity index (χ4v) is 3.20. The minimum Gasteiger partial charge on any atom is -0.310 e. The molecular weight excluding hydrogens is 322 g/mol. The lowest BCUT2D eigenvalue weighted by molar-refractivity contribution is -0.115. The normalized spacial score (nSPS) is 12.5. The van der Waals surface area contributed by atoms with Crippen molar-refractivity contribution in [3.8, 4) is 0 Å². The van der Waals surface area contributed by atoms with Crippen LogP contribution in [0.4, 0.5) is 5.82 Å². The Labute approximate surface area is 147 Å². The quantitative estimate of drug-likeness (QED) is 0.870. The first-order valence-corrected chi connectivity index (χ1v) is 8.91. The van der Waals surface area contributed by atoms with E-state index in [1.807, 2.05) is 43.8 Å². The fraction of sp³-hybridized carbons (Fsp3) is 0.588. The maximum atomic E-state index is 12.4. The van der Waals surface area contributed by atoms with Gasteiger partial charge in [-0.1, -0.05) is 0 Å². The molecule has 2 aromatic heterocycles. The van der Waals surface area contributed by atoms with E-state index in [0.717, 1.165) is 22.2 Å². The van der Waals surface area contributed by atoms with Crippen LogP contribution in [0, 0.1) is 13.8 Å². The highest BCUT2D eigenvalue weighted by Gasteiger charge is 2.25. The Hall–Kier alpha value is -1.73. The molecule has 0 unspecified atom stereocenters. The molecule has 0 spiro atoms. The van der Waals surface area contributed by atoms with Crippen LogP contribution in [0.5, 0.6) is 0 Å². The zero-order valence-corrected chi connectivity index (χ0v) is 16.3. The van der Waals surface area contributed by atoms with E-state index in [0.29, 0.717) is 0 Å². The number of carbonyl (C=O) groups excluding carboxylic acids is 1. The van der Waals surface area contributed by atoms with Crippen LogP contribution in [0.15, 0.2) is 11.4 Å². The summed E-state index contributed by atoms with van der Waals surface area (Å²) < 4.78 is 1.84. The fourth-order valence-electron chi connectivity index (χ4n) is 2.30. The highest BCUT2D eigenvalue weighted by atomic mass is 32.1. The van der Waals surface area contributed by atoms with Crippen LogP contribution in [0.2, 0.25) is 0 Å².